The molecule has 0 aliphatic rings. The van der Waals surface area contributed by atoms with Gasteiger partial charge in [-0.3, -0.25) is 4.79 Å². The molecular weight excluding hydrogens is 279 g/mol. The molecule has 0 heterocycles. The van der Waals surface area contributed by atoms with Crippen molar-refractivity contribution in [3.8, 4) is 0 Å². The summed E-state index contributed by atoms with van der Waals surface area (Å²) < 4.78 is 12.8. The molecule has 0 spiro atoms. The average Bonchev–Trinajstić information content (AvgIpc) is 2.55. The summed E-state index contributed by atoms with van der Waals surface area (Å²) in [7, 11) is 0. The quantitative estimate of drug-likeness (QED) is 0.580. The van der Waals surface area contributed by atoms with Crippen LogP contribution in [0.3, 0.4) is 0 Å². The predicted octanol–water partition coefficient (Wildman–Crippen LogP) is 3.74. The van der Waals surface area contributed by atoms with Gasteiger partial charge in [0.2, 0.25) is 0 Å². The third-order valence-corrected chi connectivity index (χ3v) is 3.26. The van der Waals surface area contributed by atoms with Gasteiger partial charge in [0.1, 0.15) is 5.82 Å². The summed E-state index contributed by atoms with van der Waals surface area (Å²) in [5.41, 5.74) is 3.67. The second-order valence-electron chi connectivity index (χ2n) is 4.81. The lowest BCUT2D eigenvalue weighted by atomic mass is 10.1. The molecule has 0 aromatic heterocycles. The highest BCUT2D eigenvalue weighted by Crippen LogP contribution is 2.14. The summed E-state index contributed by atoms with van der Waals surface area (Å²) >= 11 is 0. The summed E-state index contributed by atoms with van der Waals surface area (Å²) in [5.74, 6) is -0.756. The molecule has 1 amide bonds. The van der Waals surface area contributed by atoms with Gasteiger partial charge < -0.3 is 0 Å². The molecule has 0 saturated carbocycles. The molecule has 0 bridgehead atoms. The first kappa shape index (κ1) is 13.9. The van der Waals surface area contributed by atoms with Gasteiger partial charge in [-0.05, 0) is 46.7 Å². The number of hydrogen-bond donors (Lipinski definition) is 1. The van der Waals surface area contributed by atoms with Crippen LogP contribution in [0, 0.1) is 5.82 Å². The monoisotopic (exact) mass is 292 g/mol. The molecule has 0 fully saturated rings. The Kier molecular flexibility index (Phi) is 3.92. The Hall–Kier alpha value is -3.01. The highest BCUT2D eigenvalue weighted by molar-refractivity contribution is 5.95. The highest BCUT2D eigenvalue weighted by atomic mass is 19.1. The Morgan fingerprint density at radius 1 is 0.955 bits per heavy atom. The lowest BCUT2D eigenvalue weighted by Crippen LogP contribution is -2.17. The van der Waals surface area contributed by atoms with Gasteiger partial charge in [-0.25, -0.2) is 9.82 Å². The van der Waals surface area contributed by atoms with Gasteiger partial charge in [0.15, 0.2) is 0 Å². The van der Waals surface area contributed by atoms with E-state index in [-0.39, 0.29) is 11.7 Å². The number of benzene rings is 3. The first-order valence-corrected chi connectivity index (χ1v) is 6.80. The van der Waals surface area contributed by atoms with Gasteiger partial charge in [0.25, 0.3) is 5.91 Å². The maximum atomic E-state index is 12.8. The SMILES string of the molecule is O=C(N/N=C/c1ccc2ccccc2c1)c1ccc(F)cc1. The van der Waals surface area contributed by atoms with E-state index >= 15 is 0 Å². The zero-order valence-electron chi connectivity index (χ0n) is 11.7. The zero-order chi connectivity index (χ0) is 15.4. The molecule has 1 N–H and O–H groups in total. The number of fused-ring (bicyclic) bond motifs is 1. The smallest absolute Gasteiger partial charge is 0.267 e. The highest BCUT2D eigenvalue weighted by Gasteiger charge is 2.03. The predicted molar refractivity (Wildman–Crippen MR) is 85.4 cm³/mol. The molecule has 4 heteroatoms. The molecule has 0 atom stereocenters. The number of hydrazone groups is 1. The lowest BCUT2D eigenvalue weighted by Gasteiger charge is -2.00. The second-order valence-corrected chi connectivity index (χ2v) is 4.81. The number of halogens is 1. The van der Waals surface area contributed by atoms with Gasteiger partial charge in [-0.1, -0.05) is 36.4 Å². The van der Waals surface area contributed by atoms with E-state index < -0.39 is 0 Å². The number of nitrogens with zero attached hydrogens (tertiary/aromatic N) is 1. The van der Waals surface area contributed by atoms with Gasteiger partial charge in [-0.15, -0.1) is 0 Å². The van der Waals surface area contributed by atoms with Crippen LogP contribution in [0.2, 0.25) is 0 Å². The average molecular weight is 292 g/mol. The largest absolute Gasteiger partial charge is 0.271 e. The van der Waals surface area contributed by atoms with Crippen molar-refractivity contribution in [3.05, 3.63) is 83.7 Å². The number of amides is 1. The maximum absolute atomic E-state index is 12.8. The van der Waals surface area contributed by atoms with E-state index in [1.807, 2.05) is 42.5 Å². The van der Waals surface area contributed by atoms with Crippen molar-refractivity contribution in [1.82, 2.24) is 5.43 Å². The van der Waals surface area contributed by atoms with Crippen LogP contribution >= 0.6 is 0 Å². The van der Waals surface area contributed by atoms with E-state index in [9.17, 15) is 9.18 Å². The van der Waals surface area contributed by atoms with Crippen molar-refractivity contribution in [2.24, 2.45) is 5.10 Å². The molecule has 0 aliphatic carbocycles. The third-order valence-electron chi connectivity index (χ3n) is 3.26. The maximum Gasteiger partial charge on any atom is 0.271 e. The zero-order valence-corrected chi connectivity index (χ0v) is 11.7. The van der Waals surface area contributed by atoms with Crippen LogP contribution in [0.1, 0.15) is 15.9 Å². The number of hydrogen-bond acceptors (Lipinski definition) is 2. The Morgan fingerprint density at radius 2 is 1.68 bits per heavy atom. The lowest BCUT2D eigenvalue weighted by molar-refractivity contribution is 0.0955. The van der Waals surface area contributed by atoms with Gasteiger partial charge in [0.05, 0.1) is 6.21 Å². The molecule has 3 nitrogen and oxygen atoms in total. The molecule has 22 heavy (non-hydrogen) atoms. The number of carbonyl (C=O) groups excluding carboxylic acids is 1. The first-order chi connectivity index (χ1) is 10.7. The van der Waals surface area contributed by atoms with Crippen LogP contribution in [0.4, 0.5) is 4.39 Å². The van der Waals surface area contributed by atoms with E-state index in [2.05, 4.69) is 10.5 Å². The number of rotatable bonds is 3. The van der Waals surface area contributed by atoms with Crippen molar-refractivity contribution in [2.75, 3.05) is 0 Å². The summed E-state index contributed by atoms with van der Waals surface area (Å²) in [6.45, 7) is 0. The van der Waals surface area contributed by atoms with E-state index in [0.29, 0.717) is 5.56 Å². The fraction of sp³-hybridized carbons (Fsp3) is 0. The van der Waals surface area contributed by atoms with Crippen LogP contribution in [0.25, 0.3) is 10.8 Å². The standard InChI is InChI=1S/C18H13FN2O/c19-17-9-7-15(8-10-17)18(22)21-20-12-13-5-6-14-3-1-2-4-16(14)11-13/h1-12H,(H,21,22)/b20-12+. The number of carbonyl (C=O) groups is 1. The van der Waals surface area contributed by atoms with Crippen molar-refractivity contribution in [1.29, 1.82) is 0 Å². The Balaban J connectivity index is 1.70. The minimum atomic E-state index is -0.379. The summed E-state index contributed by atoms with van der Waals surface area (Å²) in [5, 5.41) is 6.18. The minimum absolute atomic E-state index is 0.358. The van der Waals surface area contributed by atoms with Crippen LogP contribution in [0.5, 0.6) is 0 Å². The Bertz CT molecular complexity index is 841. The molecule has 3 aromatic carbocycles. The van der Waals surface area contributed by atoms with Gasteiger partial charge in [0, 0.05) is 5.56 Å². The molecule has 0 aliphatic heterocycles. The van der Waals surface area contributed by atoms with Crippen molar-refractivity contribution in [3.63, 3.8) is 0 Å². The molecule has 0 unspecified atom stereocenters. The van der Waals surface area contributed by atoms with Crippen molar-refractivity contribution >= 4 is 22.9 Å². The fourth-order valence-corrected chi connectivity index (χ4v) is 2.12. The first-order valence-electron chi connectivity index (χ1n) is 6.80. The van der Waals surface area contributed by atoms with E-state index in [4.69, 9.17) is 0 Å². The second kappa shape index (κ2) is 6.18. The Labute approximate surface area is 127 Å². The van der Waals surface area contributed by atoms with Crippen molar-refractivity contribution in [2.45, 2.75) is 0 Å². The normalized spacial score (nSPS) is 11.0. The van der Waals surface area contributed by atoms with Crippen molar-refractivity contribution < 1.29 is 9.18 Å². The fourth-order valence-electron chi connectivity index (χ4n) is 2.12. The van der Waals surface area contributed by atoms with E-state index in [1.165, 1.54) is 24.3 Å². The summed E-state index contributed by atoms with van der Waals surface area (Å²) in [4.78, 5) is 11.8. The van der Waals surface area contributed by atoms with E-state index in [1.54, 1.807) is 6.21 Å². The van der Waals surface area contributed by atoms with Gasteiger partial charge in [-0.2, -0.15) is 5.10 Å². The molecule has 3 rings (SSSR count). The molecule has 0 saturated heterocycles. The molecular formula is C18H13FN2O. The topological polar surface area (TPSA) is 41.5 Å². The number of nitrogens with one attached hydrogen (secondary N) is 1. The van der Waals surface area contributed by atoms with Crippen LogP contribution in [-0.2, 0) is 0 Å². The molecule has 108 valence electrons. The van der Waals surface area contributed by atoms with Crippen LogP contribution in [-0.4, -0.2) is 12.1 Å². The minimum Gasteiger partial charge on any atom is -0.267 e. The molecule has 0 radical (unpaired) electrons. The summed E-state index contributed by atoms with van der Waals surface area (Å²) in [6, 6.07) is 19.2. The van der Waals surface area contributed by atoms with Crippen LogP contribution in [0.15, 0.2) is 71.8 Å². The van der Waals surface area contributed by atoms with Gasteiger partial charge >= 0.3 is 0 Å². The van der Waals surface area contributed by atoms with Crippen LogP contribution < -0.4 is 5.43 Å². The third kappa shape index (κ3) is 3.17. The Morgan fingerprint density at radius 3 is 2.45 bits per heavy atom. The van der Waals surface area contributed by atoms with E-state index in [0.717, 1.165) is 16.3 Å². The molecule has 3 aromatic rings. The summed E-state index contributed by atoms with van der Waals surface area (Å²) in [6.07, 6.45) is 1.58.